The molecule has 0 bridgehead atoms. The van der Waals surface area contributed by atoms with Gasteiger partial charge in [-0.2, -0.15) is 0 Å². The molecule has 0 aromatic carbocycles. The molecule has 66 heavy (non-hydrogen) atoms. The van der Waals surface area contributed by atoms with Crippen molar-refractivity contribution in [3.05, 3.63) is 0 Å². The molecular formula is C52H100O14. The minimum absolute atomic E-state index is 0.0701. The molecule has 392 valence electrons. The molecule has 2 fully saturated rings. The standard InChI is InChI=1S/C52H100O14/c1-3-5-7-9-11-13-15-17-18-19-20-21-22-23-24-25-27-29-31-33-35-44(54)64-41(38-61-36-34-32-30-28-26-16-14-12-10-8-6-4-2)39-62-51-50(60)48(58)46(56)43(66-51)40-63-52-49(59)47(57)45(55)42(37-53)65-52/h41-43,45-53,55-60H,3-40H2,1-2H3. The lowest BCUT2D eigenvalue weighted by Crippen LogP contribution is -2.61. The van der Waals surface area contributed by atoms with Gasteiger partial charge in [-0.3, -0.25) is 4.79 Å². The number of carbonyl (C=O) groups excluding carboxylic acids is 1. The van der Waals surface area contributed by atoms with Crippen LogP contribution in [0.2, 0.25) is 0 Å². The molecule has 0 aromatic heterocycles. The maximum absolute atomic E-state index is 13.0. The summed E-state index contributed by atoms with van der Waals surface area (Å²) in [5, 5.41) is 72.1. The summed E-state index contributed by atoms with van der Waals surface area (Å²) in [7, 11) is 0. The van der Waals surface area contributed by atoms with E-state index in [0.29, 0.717) is 6.61 Å². The van der Waals surface area contributed by atoms with Crippen molar-refractivity contribution < 1.29 is 69.0 Å². The van der Waals surface area contributed by atoms with E-state index >= 15 is 0 Å². The highest BCUT2D eigenvalue weighted by molar-refractivity contribution is 5.69. The summed E-state index contributed by atoms with van der Waals surface area (Å²) < 4.78 is 34.3. The van der Waals surface area contributed by atoms with Gasteiger partial charge in [0.15, 0.2) is 12.6 Å². The van der Waals surface area contributed by atoms with E-state index in [0.717, 1.165) is 44.9 Å². The molecule has 2 saturated heterocycles. The predicted octanol–water partition coefficient (Wildman–Crippen LogP) is 8.47. The largest absolute Gasteiger partial charge is 0.457 e. The van der Waals surface area contributed by atoms with Crippen LogP contribution in [0.5, 0.6) is 0 Å². The Morgan fingerprint density at radius 1 is 0.439 bits per heavy atom. The molecule has 0 saturated carbocycles. The third kappa shape index (κ3) is 28.0. The van der Waals surface area contributed by atoms with E-state index in [1.165, 1.54) is 161 Å². The number of carbonyl (C=O) groups is 1. The van der Waals surface area contributed by atoms with Gasteiger partial charge in [0.1, 0.15) is 54.9 Å². The Kier molecular flexibility index (Phi) is 37.7. The minimum atomic E-state index is -1.70. The number of esters is 1. The number of aliphatic hydroxyl groups excluding tert-OH is 7. The molecule has 0 amide bonds. The fourth-order valence-electron chi connectivity index (χ4n) is 8.93. The Morgan fingerprint density at radius 3 is 1.23 bits per heavy atom. The summed E-state index contributed by atoms with van der Waals surface area (Å²) in [6.07, 6.45) is 24.5. The fourth-order valence-corrected chi connectivity index (χ4v) is 8.93. The zero-order valence-corrected chi connectivity index (χ0v) is 41.7. The molecule has 2 aliphatic heterocycles. The first-order valence-electron chi connectivity index (χ1n) is 27.1. The molecule has 2 heterocycles. The van der Waals surface area contributed by atoms with Crippen LogP contribution in [0.3, 0.4) is 0 Å². The van der Waals surface area contributed by atoms with Crippen molar-refractivity contribution in [1.82, 2.24) is 0 Å². The highest BCUT2D eigenvalue weighted by Crippen LogP contribution is 2.27. The number of unbranched alkanes of at least 4 members (excludes halogenated alkanes) is 30. The van der Waals surface area contributed by atoms with Gasteiger partial charge in [-0.15, -0.1) is 0 Å². The third-order valence-corrected chi connectivity index (χ3v) is 13.4. The smallest absolute Gasteiger partial charge is 0.306 e. The summed E-state index contributed by atoms with van der Waals surface area (Å²) in [5.74, 6) is -0.369. The van der Waals surface area contributed by atoms with Crippen molar-refractivity contribution in [1.29, 1.82) is 0 Å². The Bertz CT molecular complexity index is 1100. The second kappa shape index (κ2) is 40.7. The highest BCUT2D eigenvalue weighted by Gasteiger charge is 2.47. The minimum Gasteiger partial charge on any atom is -0.457 e. The molecule has 2 rings (SSSR count). The average molecular weight is 949 g/mol. The second-order valence-corrected chi connectivity index (χ2v) is 19.4. The van der Waals surface area contributed by atoms with Crippen molar-refractivity contribution >= 4 is 5.97 Å². The zero-order valence-electron chi connectivity index (χ0n) is 41.7. The van der Waals surface area contributed by atoms with Crippen LogP contribution in [0.4, 0.5) is 0 Å². The molecule has 0 aromatic rings. The maximum atomic E-state index is 13.0. The van der Waals surface area contributed by atoms with Crippen LogP contribution < -0.4 is 0 Å². The SMILES string of the molecule is CCCCCCCCCCCCCCCCCCCCCCC(=O)OC(COCCCCCCCCCCCCCC)COC1OC(COC2OC(CO)C(O)C(O)C2O)C(O)C(O)C1O. The summed E-state index contributed by atoms with van der Waals surface area (Å²) in [5.41, 5.74) is 0. The Labute approximate surface area is 400 Å². The van der Waals surface area contributed by atoms with Gasteiger partial charge < -0.3 is 64.2 Å². The van der Waals surface area contributed by atoms with Gasteiger partial charge in [-0.1, -0.05) is 206 Å². The summed E-state index contributed by atoms with van der Waals surface area (Å²) in [6.45, 7) is 3.74. The van der Waals surface area contributed by atoms with Gasteiger partial charge in [-0.25, -0.2) is 0 Å². The third-order valence-electron chi connectivity index (χ3n) is 13.4. The average Bonchev–Trinajstić information content (AvgIpc) is 3.31. The normalized spacial score (nSPS) is 26.2. The van der Waals surface area contributed by atoms with Gasteiger partial charge in [-0.05, 0) is 12.8 Å². The number of rotatable bonds is 44. The van der Waals surface area contributed by atoms with Crippen molar-refractivity contribution in [2.24, 2.45) is 0 Å². The van der Waals surface area contributed by atoms with Gasteiger partial charge >= 0.3 is 5.97 Å². The van der Waals surface area contributed by atoms with E-state index < -0.39 is 80.7 Å². The van der Waals surface area contributed by atoms with Crippen LogP contribution in [0, 0.1) is 0 Å². The predicted molar refractivity (Wildman–Crippen MR) is 257 cm³/mol. The Balaban J connectivity index is 1.72. The van der Waals surface area contributed by atoms with Crippen molar-refractivity contribution in [3.8, 4) is 0 Å². The lowest BCUT2D eigenvalue weighted by atomic mass is 9.98. The summed E-state index contributed by atoms with van der Waals surface area (Å²) in [6, 6.07) is 0. The first-order chi connectivity index (χ1) is 32.1. The van der Waals surface area contributed by atoms with E-state index in [1.54, 1.807) is 0 Å². The van der Waals surface area contributed by atoms with Crippen LogP contribution in [0.25, 0.3) is 0 Å². The first-order valence-corrected chi connectivity index (χ1v) is 27.1. The van der Waals surface area contributed by atoms with Gasteiger partial charge in [0.2, 0.25) is 0 Å². The van der Waals surface area contributed by atoms with Crippen LogP contribution >= 0.6 is 0 Å². The number of hydrogen-bond donors (Lipinski definition) is 7. The molecule has 2 aliphatic rings. The molecule has 14 nitrogen and oxygen atoms in total. The fraction of sp³-hybridized carbons (Fsp3) is 0.981. The van der Waals surface area contributed by atoms with Crippen LogP contribution in [0.1, 0.15) is 226 Å². The molecule has 0 spiro atoms. The van der Waals surface area contributed by atoms with Crippen molar-refractivity contribution in [2.45, 2.75) is 293 Å². The number of hydrogen-bond acceptors (Lipinski definition) is 14. The quantitative estimate of drug-likeness (QED) is 0.0226. The maximum Gasteiger partial charge on any atom is 0.306 e. The molecule has 0 radical (unpaired) electrons. The zero-order chi connectivity index (χ0) is 48.0. The van der Waals surface area contributed by atoms with Gasteiger partial charge in [0.25, 0.3) is 0 Å². The van der Waals surface area contributed by atoms with Crippen LogP contribution in [0.15, 0.2) is 0 Å². The van der Waals surface area contributed by atoms with E-state index in [-0.39, 0.29) is 25.6 Å². The van der Waals surface area contributed by atoms with Crippen LogP contribution in [-0.4, -0.2) is 142 Å². The lowest BCUT2D eigenvalue weighted by molar-refractivity contribution is -0.332. The number of aliphatic hydroxyl groups is 7. The molecule has 0 aliphatic carbocycles. The Hall–Kier alpha value is -1.01. The topological polar surface area (TPSA) is 214 Å². The van der Waals surface area contributed by atoms with E-state index in [4.69, 9.17) is 28.4 Å². The monoisotopic (exact) mass is 949 g/mol. The van der Waals surface area contributed by atoms with Crippen molar-refractivity contribution in [2.75, 3.05) is 33.0 Å². The second-order valence-electron chi connectivity index (χ2n) is 19.4. The highest BCUT2D eigenvalue weighted by atomic mass is 16.7. The molecule has 14 heteroatoms. The number of ether oxygens (including phenoxy) is 6. The summed E-state index contributed by atoms with van der Waals surface area (Å²) >= 11 is 0. The van der Waals surface area contributed by atoms with E-state index in [1.807, 2.05) is 0 Å². The van der Waals surface area contributed by atoms with E-state index in [2.05, 4.69) is 13.8 Å². The Morgan fingerprint density at radius 2 is 0.803 bits per heavy atom. The van der Waals surface area contributed by atoms with Crippen molar-refractivity contribution in [3.63, 3.8) is 0 Å². The lowest BCUT2D eigenvalue weighted by Gasteiger charge is -2.42. The van der Waals surface area contributed by atoms with E-state index in [9.17, 15) is 40.5 Å². The molecule has 11 atom stereocenters. The summed E-state index contributed by atoms with van der Waals surface area (Å²) in [4.78, 5) is 13.0. The molecular weight excluding hydrogens is 849 g/mol. The first kappa shape index (κ1) is 61.1. The molecule has 7 N–H and O–H groups in total. The van der Waals surface area contributed by atoms with Crippen LogP contribution in [-0.2, 0) is 33.2 Å². The molecule has 11 unspecified atom stereocenters. The van der Waals surface area contributed by atoms with Gasteiger partial charge in [0, 0.05) is 13.0 Å². The van der Waals surface area contributed by atoms with Gasteiger partial charge in [0.05, 0.1) is 26.4 Å².